The van der Waals surface area contributed by atoms with Crippen molar-refractivity contribution in [1.82, 2.24) is 9.78 Å². The van der Waals surface area contributed by atoms with Crippen molar-refractivity contribution < 1.29 is 8.42 Å². The van der Waals surface area contributed by atoms with E-state index in [1.54, 1.807) is 24.3 Å². The fraction of sp³-hybridized carbons (Fsp3) is 0.222. The highest BCUT2D eigenvalue weighted by Crippen LogP contribution is 2.20. The summed E-state index contributed by atoms with van der Waals surface area (Å²) >= 11 is 3.39. The van der Waals surface area contributed by atoms with Gasteiger partial charge in [-0.15, -0.1) is 0 Å². The summed E-state index contributed by atoms with van der Waals surface area (Å²) in [7, 11) is -3.33. The molecule has 25 heavy (non-hydrogen) atoms. The van der Waals surface area contributed by atoms with Gasteiger partial charge < -0.3 is 0 Å². The van der Waals surface area contributed by atoms with E-state index in [9.17, 15) is 13.2 Å². The van der Waals surface area contributed by atoms with Gasteiger partial charge in [0.05, 0.1) is 21.7 Å². The van der Waals surface area contributed by atoms with Gasteiger partial charge in [-0.2, -0.15) is 9.78 Å². The van der Waals surface area contributed by atoms with E-state index in [1.807, 2.05) is 26.0 Å². The SMILES string of the molecule is CC(C)CS(=O)(=O)c1ccc(-n2nc(Br)c3ccccc3c2=O)cc1. The van der Waals surface area contributed by atoms with E-state index in [-0.39, 0.29) is 22.1 Å². The Morgan fingerprint density at radius 3 is 2.24 bits per heavy atom. The van der Waals surface area contributed by atoms with Crippen LogP contribution in [0.2, 0.25) is 0 Å². The molecule has 1 heterocycles. The van der Waals surface area contributed by atoms with Crippen molar-refractivity contribution in [3.63, 3.8) is 0 Å². The van der Waals surface area contributed by atoms with Gasteiger partial charge in [-0.05, 0) is 52.2 Å². The van der Waals surface area contributed by atoms with Gasteiger partial charge in [-0.25, -0.2) is 8.42 Å². The fourth-order valence-electron chi connectivity index (χ4n) is 2.66. The zero-order valence-corrected chi connectivity index (χ0v) is 16.2. The summed E-state index contributed by atoms with van der Waals surface area (Å²) in [4.78, 5) is 12.9. The summed E-state index contributed by atoms with van der Waals surface area (Å²) in [6.45, 7) is 3.73. The van der Waals surface area contributed by atoms with Crippen LogP contribution in [0.3, 0.4) is 0 Å². The average molecular weight is 421 g/mol. The molecule has 0 saturated carbocycles. The molecule has 0 radical (unpaired) electrons. The first-order valence-electron chi connectivity index (χ1n) is 7.80. The number of halogens is 1. The van der Waals surface area contributed by atoms with Crippen LogP contribution < -0.4 is 5.56 Å². The number of rotatable bonds is 4. The highest BCUT2D eigenvalue weighted by atomic mass is 79.9. The van der Waals surface area contributed by atoms with E-state index in [0.29, 0.717) is 15.7 Å². The zero-order chi connectivity index (χ0) is 18.2. The molecule has 0 atom stereocenters. The number of sulfone groups is 1. The molecular weight excluding hydrogens is 404 g/mol. The van der Waals surface area contributed by atoms with Crippen LogP contribution in [0.5, 0.6) is 0 Å². The Balaban J connectivity index is 2.08. The minimum atomic E-state index is -3.33. The first-order valence-corrected chi connectivity index (χ1v) is 10.2. The summed E-state index contributed by atoms with van der Waals surface area (Å²) in [5, 5.41) is 5.56. The van der Waals surface area contributed by atoms with Crippen molar-refractivity contribution in [3.05, 3.63) is 63.5 Å². The third-order valence-corrected chi connectivity index (χ3v) is 6.43. The van der Waals surface area contributed by atoms with E-state index in [0.717, 1.165) is 5.39 Å². The first kappa shape index (κ1) is 17.8. The predicted octanol–water partition coefficient (Wildman–Crippen LogP) is 3.58. The molecule has 3 aromatic rings. The Labute approximate surface area is 154 Å². The quantitative estimate of drug-likeness (QED) is 0.646. The average Bonchev–Trinajstić information content (AvgIpc) is 2.57. The highest BCUT2D eigenvalue weighted by Gasteiger charge is 2.17. The van der Waals surface area contributed by atoms with Crippen molar-refractivity contribution >= 4 is 36.5 Å². The summed E-state index contributed by atoms with van der Waals surface area (Å²) < 4.78 is 26.4. The molecule has 2 aromatic carbocycles. The molecule has 0 unspecified atom stereocenters. The van der Waals surface area contributed by atoms with Gasteiger partial charge in [0.1, 0.15) is 4.60 Å². The maximum Gasteiger partial charge on any atom is 0.279 e. The molecule has 0 aliphatic heterocycles. The van der Waals surface area contributed by atoms with Gasteiger partial charge in [-0.3, -0.25) is 4.79 Å². The monoisotopic (exact) mass is 420 g/mol. The maximum absolute atomic E-state index is 12.7. The first-order chi connectivity index (χ1) is 11.8. The molecule has 7 heteroatoms. The van der Waals surface area contributed by atoms with Crippen molar-refractivity contribution in [2.75, 3.05) is 5.75 Å². The molecule has 0 saturated heterocycles. The minimum Gasteiger partial charge on any atom is -0.267 e. The lowest BCUT2D eigenvalue weighted by molar-refractivity contribution is 0.582. The largest absolute Gasteiger partial charge is 0.279 e. The van der Waals surface area contributed by atoms with E-state index in [2.05, 4.69) is 21.0 Å². The minimum absolute atomic E-state index is 0.0467. The van der Waals surface area contributed by atoms with E-state index >= 15 is 0 Å². The van der Waals surface area contributed by atoms with Crippen molar-refractivity contribution in [3.8, 4) is 5.69 Å². The third kappa shape index (κ3) is 3.52. The van der Waals surface area contributed by atoms with Crippen LogP contribution in [0.15, 0.2) is 62.8 Å². The predicted molar refractivity (Wildman–Crippen MR) is 102 cm³/mol. The zero-order valence-electron chi connectivity index (χ0n) is 13.8. The standard InChI is InChI=1S/C18H17BrN2O3S/c1-12(2)11-25(23,24)14-9-7-13(8-10-14)21-18(22)16-6-4-3-5-15(16)17(19)20-21/h3-10,12H,11H2,1-2H3. The summed E-state index contributed by atoms with van der Waals surface area (Å²) in [5.74, 6) is 0.136. The Morgan fingerprint density at radius 1 is 1.04 bits per heavy atom. The van der Waals surface area contributed by atoms with Crippen molar-refractivity contribution in [1.29, 1.82) is 0 Å². The summed E-state index contributed by atoms with van der Waals surface area (Å²) in [5.41, 5.74) is 0.261. The van der Waals surface area contributed by atoms with Crippen molar-refractivity contribution in [2.45, 2.75) is 18.7 Å². The van der Waals surface area contributed by atoms with Crippen LogP contribution in [-0.2, 0) is 9.84 Å². The Hall–Kier alpha value is -1.99. The smallest absolute Gasteiger partial charge is 0.267 e. The van der Waals surface area contributed by atoms with Gasteiger partial charge in [0.15, 0.2) is 9.84 Å². The molecule has 0 N–H and O–H groups in total. The van der Waals surface area contributed by atoms with Gasteiger partial charge in [-0.1, -0.05) is 32.0 Å². The second-order valence-electron chi connectivity index (χ2n) is 6.22. The number of hydrogen-bond donors (Lipinski definition) is 0. The molecule has 1 aromatic heterocycles. The van der Waals surface area contributed by atoms with Gasteiger partial charge >= 0.3 is 0 Å². The molecule has 0 bridgehead atoms. The van der Waals surface area contributed by atoms with Gasteiger partial charge in [0.25, 0.3) is 5.56 Å². The lowest BCUT2D eigenvalue weighted by atomic mass is 10.2. The van der Waals surface area contributed by atoms with Gasteiger partial charge in [0, 0.05) is 5.39 Å². The van der Waals surface area contributed by atoms with Crippen LogP contribution in [0.25, 0.3) is 16.5 Å². The molecule has 5 nitrogen and oxygen atoms in total. The molecule has 130 valence electrons. The maximum atomic E-state index is 12.7. The second-order valence-corrected chi connectivity index (χ2v) is 9.01. The fourth-order valence-corrected chi connectivity index (χ4v) is 4.78. The Bertz CT molecular complexity index is 1090. The molecule has 0 spiro atoms. The van der Waals surface area contributed by atoms with Crippen LogP contribution in [-0.4, -0.2) is 24.0 Å². The second kappa shape index (κ2) is 6.72. The Morgan fingerprint density at radius 2 is 1.64 bits per heavy atom. The van der Waals surface area contributed by atoms with E-state index < -0.39 is 9.84 Å². The lowest BCUT2D eigenvalue weighted by Gasteiger charge is -2.10. The van der Waals surface area contributed by atoms with Crippen LogP contribution in [0.1, 0.15) is 13.8 Å². The molecular formula is C18H17BrN2O3S. The highest BCUT2D eigenvalue weighted by molar-refractivity contribution is 9.10. The lowest BCUT2D eigenvalue weighted by Crippen LogP contribution is -2.21. The van der Waals surface area contributed by atoms with Gasteiger partial charge in [0.2, 0.25) is 0 Å². The molecule has 0 amide bonds. The number of hydrogen-bond acceptors (Lipinski definition) is 4. The topological polar surface area (TPSA) is 69.0 Å². The normalized spacial score (nSPS) is 12.0. The summed E-state index contributed by atoms with van der Waals surface area (Å²) in [6.07, 6.45) is 0. The summed E-state index contributed by atoms with van der Waals surface area (Å²) in [6, 6.07) is 13.4. The molecule has 0 aliphatic rings. The van der Waals surface area contributed by atoms with E-state index in [4.69, 9.17) is 0 Å². The molecule has 0 aliphatic carbocycles. The van der Waals surface area contributed by atoms with Crippen LogP contribution in [0, 0.1) is 5.92 Å². The Kier molecular flexibility index (Phi) is 4.79. The molecule has 3 rings (SSSR count). The number of nitrogens with zero attached hydrogens (tertiary/aromatic N) is 2. The number of benzene rings is 2. The van der Waals surface area contributed by atoms with Crippen LogP contribution in [0.4, 0.5) is 0 Å². The third-order valence-electron chi connectivity index (χ3n) is 3.75. The number of aromatic nitrogens is 2. The van der Waals surface area contributed by atoms with E-state index in [1.165, 1.54) is 16.8 Å². The van der Waals surface area contributed by atoms with Crippen LogP contribution >= 0.6 is 15.9 Å². The number of fused-ring (bicyclic) bond motifs is 1. The molecule has 0 fully saturated rings. The van der Waals surface area contributed by atoms with Crippen molar-refractivity contribution in [2.24, 2.45) is 5.92 Å².